The second kappa shape index (κ2) is 4.75. The molecule has 0 aromatic carbocycles. The van der Waals surface area contributed by atoms with Crippen LogP contribution in [0.25, 0.3) is 0 Å². The largest absolute Gasteiger partial charge is 0.489 e. The molecule has 22 heavy (non-hydrogen) atoms. The van der Waals surface area contributed by atoms with Crippen LogP contribution in [0.5, 0.6) is 0 Å². The molecule has 3 aliphatic rings. The van der Waals surface area contributed by atoms with Gasteiger partial charge in [-0.05, 0) is 41.5 Å². The van der Waals surface area contributed by atoms with Crippen molar-refractivity contribution in [1.29, 1.82) is 0 Å². The van der Waals surface area contributed by atoms with Gasteiger partial charge in [0, 0.05) is 6.42 Å². The van der Waals surface area contributed by atoms with Gasteiger partial charge in [-0.25, -0.2) is 0 Å². The highest BCUT2D eigenvalue weighted by atomic mass is 16.7. The molecule has 5 nitrogen and oxygen atoms in total. The van der Waals surface area contributed by atoms with Gasteiger partial charge in [-0.2, -0.15) is 0 Å². The average molecular weight is 306 g/mol. The van der Waals surface area contributed by atoms with E-state index in [4.69, 9.17) is 29.8 Å². The van der Waals surface area contributed by atoms with Crippen LogP contribution in [0.1, 0.15) is 48.0 Å². The summed E-state index contributed by atoms with van der Waals surface area (Å²) in [6, 6.07) is 0. The summed E-state index contributed by atoms with van der Waals surface area (Å²) in [7, 11) is -1.10. The Bertz CT molecular complexity index is 517. The van der Waals surface area contributed by atoms with Gasteiger partial charge in [0.2, 0.25) is 0 Å². The van der Waals surface area contributed by atoms with Crippen LogP contribution in [0, 0.1) is 12.3 Å². The third-order valence-corrected chi connectivity index (χ3v) is 5.81. The zero-order valence-corrected chi connectivity index (χ0v) is 14.3. The summed E-state index contributed by atoms with van der Waals surface area (Å²) < 4.78 is 30.6. The topological polar surface area (TPSA) is 46.2 Å². The van der Waals surface area contributed by atoms with Crippen molar-refractivity contribution in [1.82, 2.24) is 0 Å². The average Bonchev–Trinajstić information content (AvgIpc) is 2.78. The molecule has 3 heterocycles. The van der Waals surface area contributed by atoms with Gasteiger partial charge < -0.3 is 23.4 Å². The van der Waals surface area contributed by atoms with Crippen molar-refractivity contribution in [2.75, 3.05) is 6.61 Å². The van der Waals surface area contributed by atoms with Gasteiger partial charge in [0.25, 0.3) is 0 Å². The Morgan fingerprint density at radius 2 is 1.59 bits per heavy atom. The molecule has 3 unspecified atom stereocenters. The van der Waals surface area contributed by atoms with Crippen molar-refractivity contribution >= 4 is 14.0 Å². The lowest BCUT2D eigenvalue weighted by molar-refractivity contribution is -0.150. The Balaban J connectivity index is 2.02. The summed E-state index contributed by atoms with van der Waals surface area (Å²) in [5.74, 6) is 2.54. The summed E-state index contributed by atoms with van der Waals surface area (Å²) in [6.45, 7) is 12.4. The molecule has 0 saturated carbocycles. The van der Waals surface area contributed by atoms with Gasteiger partial charge in [-0.1, -0.05) is 5.92 Å². The lowest BCUT2D eigenvalue weighted by Crippen LogP contribution is -2.59. The molecule has 3 aliphatic heterocycles. The fraction of sp³-hybridized carbons (Fsp3) is 0.867. The molecule has 4 bridgehead atoms. The minimum atomic E-state index is -0.623. The van der Waals surface area contributed by atoms with Gasteiger partial charge >= 0.3 is 14.0 Å². The standard InChI is InChI=1S/C15H24B2O5/c1-8-9-18-11-10-14(6)12(2,3)19-16(21-14)17-20-13(4,5)15(11,7)22-17/h1,11H,9-10H2,2-7H3. The molecular formula is C15H24B2O5. The normalized spacial score (nSPS) is 42.0. The number of hydrogen-bond acceptors (Lipinski definition) is 5. The van der Waals surface area contributed by atoms with Gasteiger partial charge in [0.1, 0.15) is 12.2 Å². The lowest BCUT2D eigenvalue weighted by Gasteiger charge is -2.47. The highest BCUT2D eigenvalue weighted by molar-refractivity contribution is 7.11. The van der Waals surface area contributed by atoms with Crippen LogP contribution in [-0.4, -0.2) is 49.1 Å². The Kier molecular flexibility index (Phi) is 3.53. The minimum Gasteiger partial charge on any atom is -0.405 e. The molecule has 0 N–H and O–H groups in total. The van der Waals surface area contributed by atoms with Crippen LogP contribution >= 0.6 is 0 Å². The summed E-state index contributed by atoms with van der Waals surface area (Å²) in [6.07, 6.45) is 5.75. The number of hydrogen-bond donors (Lipinski definition) is 0. The van der Waals surface area contributed by atoms with E-state index in [2.05, 4.69) is 12.8 Å². The third kappa shape index (κ3) is 2.09. The number of terminal acetylenes is 1. The molecule has 0 amide bonds. The monoisotopic (exact) mass is 306 g/mol. The predicted octanol–water partition coefficient (Wildman–Crippen LogP) is 1.63. The molecule has 3 atom stereocenters. The van der Waals surface area contributed by atoms with Gasteiger partial charge in [0.15, 0.2) is 0 Å². The lowest BCUT2D eigenvalue weighted by atomic mass is 9.49. The molecule has 0 radical (unpaired) electrons. The van der Waals surface area contributed by atoms with Crippen molar-refractivity contribution < 1.29 is 23.4 Å². The molecule has 3 saturated heterocycles. The molecule has 7 heteroatoms. The minimum absolute atomic E-state index is 0.227. The van der Waals surface area contributed by atoms with E-state index in [0.717, 1.165) is 0 Å². The van der Waals surface area contributed by atoms with Crippen molar-refractivity contribution in [2.24, 2.45) is 0 Å². The quantitative estimate of drug-likeness (QED) is 0.573. The molecule has 0 spiro atoms. The van der Waals surface area contributed by atoms with Crippen molar-refractivity contribution in [2.45, 2.75) is 76.5 Å². The molecule has 0 aromatic rings. The summed E-state index contributed by atoms with van der Waals surface area (Å²) in [4.78, 5) is 0. The molecular weight excluding hydrogens is 282 g/mol. The number of ether oxygens (including phenoxy) is 1. The van der Waals surface area contributed by atoms with Gasteiger partial charge in [-0.15, -0.1) is 6.42 Å². The maximum Gasteiger partial charge on any atom is 0.489 e. The van der Waals surface area contributed by atoms with E-state index in [1.165, 1.54) is 0 Å². The van der Waals surface area contributed by atoms with Crippen molar-refractivity contribution in [3.63, 3.8) is 0 Å². The predicted molar refractivity (Wildman–Crippen MR) is 84.0 cm³/mol. The first-order chi connectivity index (χ1) is 10.0. The maximum atomic E-state index is 6.22. The van der Waals surface area contributed by atoms with E-state index in [1.807, 2.05) is 34.6 Å². The smallest absolute Gasteiger partial charge is 0.405 e. The zero-order chi connectivity index (χ0) is 16.4. The van der Waals surface area contributed by atoms with E-state index in [1.54, 1.807) is 0 Å². The molecule has 120 valence electrons. The van der Waals surface area contributed by atoms with Gasteiger partial charge in [0.05, 0.1) is 22.9 Å². The van der Waals surface area contributed by atoms with Crippen LogP contribution < -0.4 is 0 Å². The molecule has 3 rings (SSSR count). The van der Waals surface area contributed by atoms with Crippen molar-refractivity contribution in [3.05, 3.63) is 0 Å². The Morgan fingerprint density at radius 3 is 2.23 bits per heavy atom. The van der Waals surface area contributed by atoms with E-state index in [-0.39, 0.29) is 12.7 Å². The van der Waals surface area contributed by atoms with E-state index >= 15 is 0 Å². The fourth-order valence-electron chi connectivity index (χ4n) is 3.55. The second-order valence-electron chi connectivity index (χ2n) is 7.77. The van der Waals surface area contributed by atoms with E-state index in [9.17, 15) is 0 Å². The van der Waals surface area contributed by atoms with E-state index in [0.29, 0.717) is 6.42 Å². The summed E-state index contributed by atoms with van der Waals surface area (Å²) >= 11 is 0. The first-order valence-corrected chi connectivity index (χ1v) is 7.81. The highest BCUT2D eigenvalue weighted by Gasteiger charge is 2.71. The molecule has 0 aliphatic carbocycles. The third-order valence-electron chi connectivity index (χ3n) is 5.81. The zero-order valence-electron chi connectivity index (χ0n) is 14.3. The summed E-state index contributed by atoms with van der Waals surface area (Å²) in [5, 5.41) is 0. The van der Waals surface area contributed by atoms with Crippen molar-refractivity contribution in [3.8, 4) is 12.3 Å². The Morgan fingerprint density at radius 1 is 1.00 bits per heavy atom. The maximum absolute atomic E-state index is 6.22. The number of fused-ring (bicyclic) bond motifs is 5. The van der Waals surface area contributed by atoms with Crippen LogP contribution in [0.3, 0.4) is 0 Å². The summed E-state index contributed by atoms with van der Waals surface area (Å²) in [5.41, 5.74) is -2.12. The van der Waals surface area contributed by atoms with Crippen LogP contribution in [0.2, 0.25) is 0 Å². The number of rotatable bonds is 2. The fourth-order valence-corrected chi connectivity index (χ4v) is 3.55. The van der Waals surface area contributed by atoms with Gasteiger partial charge in [-0.3, -0.25) is 0 Å². The first-order valence-electron chi connectivity index (χ1n) is 7.81. The first kappa shape index (κ1) is 16.4. The highest BCUT2D eigenvalue weighted by Crippen LogP contribution is 2.51. The molecule has 3 fully saturated rings. The SMILES string of the molecule is C#CCOC1CC2(C)OB(OC2(C)C)B2OC(C)(C)C1(C)O2. The van der Waals surface area contributed by atoms with Crippen LogP contribution in [0.15, 0.2) is 0 Å². The van der Waals surface area contributed by atoms with Crippen LogP contribution in [0.4, 0.5) is 0 Å². The second-order valence-corrected chi connectivity index (χ2v) is 7.77. The Labute approximate surface area is 133 Å². The van der Waals surface area contributed by atoms with E-state index < -0.39 is 36.4 Å². The van der Waals surface area contributed by atoms with Crippen LogP contribution in [-0.2, 0) is 23.4 Å². The Hall–Kier alpha value is -0.510. The molecule has 0 aromatic heterocycles.